The van der Waals surface area contributed by atoms with E-state index in [1.165, 1.54) is 5.56 Å². The second-order valence-corrected chi connectivity index (χ2v) is 4.67. The number of aliphatic hydroxyl groups is 1. The summed E-state index contributed by atoms with van der Waals surface area (Å²) < 4.78 is 5.62. The maximum Gasteiger partial charge on any atom is 0.119 e. The van der Waals surface area contributed by atoms with Crippen LogP contribution in [-0.4, -0.2) is 18.3 Å². The van der Waals surface area contributed by atoms with Crippen molar-refractivity contribution in [1.29, 1.82) is 0 Å². The number of hydrogen-bond donors (Lipinski definition) is 2. The van der Waals surface area contributed by atoms with Gasteiger partial charge in [-0.25, -0.2) is 0 Å². The minimum atomic E-state index is 0.0960. The van der Waals surface area contributed by atoms with Crippen molar-refractivity contribution in [2.75, 3.05) is 13.2 Å². The monoisotopic (exact) mass is 271 g/mol. The van der Waals surface area contributed by atoms with Crippen molar-refractivity contribution in [3.63, 3.8) is 0 Å². The molecule has 0 atom stereocenters. The summed E-state index contributed by atoms with van der Waals surface area (Å²) in [5.74, 6) is 0.920. The Balaban J connectivity index is 1.59. The molecule has 2 rings (SSSR count). The van der Waals surface area contributed by atoms with E-state index in [1.807, 2.05) is 48.5 Å². The molecule has 0 aliphatic carbocycles. The van der Waals surface area contributed by atoms with Gasteiger partial charge in [0.05, 0.1) is 13.2 Å². The van der Waals surface area contributed by atoms with Crippen LogP contribution in [0.25, 0.3) is 0 Å². The lowest BCUT2D eigenvalue weighted by molar-refractivity contribution is 0.281. The maximum atomic E-state index is 9.07. The molecule has 0 radical (unpaired) electrons. The first kappa shape index (κ1) is 14.6. The van der Waals surface area contributed by atoms with Crippen LogP contribution in [-0.2, 0) is 13.2 Å². The number of hydrogen-bond acceptors (Lipinski definition) is 3. The van der Waals surface area contributed by atoms with Crippen LogP contribution in [0.4, 0.5) is 0 Å². The minimum absolute atomic E-state index is 0.0960. The number of para-hydroxylation sites is 1. The third kappa shape index (κ3) is 5.03. The van der Waals surface area contributed by atoms with E-state index in [9.17, 15) is 0 Å². The van der Waals surface area contributed by atoms with Gasteiger partial charge in [0.2, 0.25) is 0 Å². The third-order valence-corrected chi connectivity index (χ3v) is 3.01. The fourth-order valence-electron chi connectivity index (χ4n) is 1.97. The van der Waals surface area contributed by atoms with Crippen LogP contribution in [0.2, 0.25) is 0 Å². The predicted molar refractivity (Wildman–Crippen MR) is 80.6 cm³/mol. The Morgan fingerprint density at radius 1 is 0.950 bits per heavy atom. The van der Waals surface area contributed by atoms with Crippen molar-refractivity contribution in [3.8, 4) is 5.75 Å². The molecule has 0 unspecified atom stereocenters. The first-order chi connectivity index (χ1) is 9.88. The second kappa shape index (κ2) is 8.35. The zero-order valence-corrected chi connectivity index (χ0v) is 11.6. The Morgan fingerprint density at radius 3 is 2.55 bits per heavy atom. The van der Waals surface area contributed by atoms with E-state index in [2.05, 4.69) is 11.4 Å². The van der Waals surface area contributed by atoms with Crippen LogP contribution < -0.4 is 10.1 Å². The molecule has 0 saturated heterocycles. The van der Waals surface area contributed by atoms with Crippen LogP contribution in [0, 0.1) is 0 Å². The predicted octanol–water partition coefficient (Wildman–Crippen LogP) is 2.74. The van der Waals surface area contributed by atoms with Crippen LogP contribution >= 0.6 is 0 Å². The van der Waals surface area contributed by atoms with Gasteiger partial charge >= 0.3 is 0 Å². The van der Waals surface area contributed by atoms with Gasteiger partial charge in [0.1, 0.15) is 5.75 Å². The van der Waals surface area contributed by atoms with Gasteiger partial charge in [0, 0.05) is 6.54 Å². The molecule has 2 aromatic rings. The van der Waals surface area contributed by atoms with Gasteiger partial charge in [-0.05, 0) is 36.2 Å². The molecule has 2 aromatic carbocycles. The number of rotatable bonds is 8. The maximum absolute atomic E-state index is 9.07. The number of aliphatic hydroxyl groups excluding tert-OH is 1. The van der Waals surface area contributed by atoms with Crippen LogP contribution in [0.15, 0.2) is 54.6 Å². The molecule has 0 spiro atoms. The van der Waals surface area contributed by atoms with E-state index in [0.717, 1.165) is 30.8 Å². The Kier molecular flexibility index (Phi) is 6.08. The Hall–Kier alpha value is -1.84. The van der Waals surface area contributed by atoms with Crippen LogP contribution in [0.1, 0.15) is 17.5 Å². The lowest BCUT2D eigenvalue weighted by Crippen LogP contribution is -2.17. The van der Waals surface area contributed by atoms with E-state index < -0.39 is 0 Å². The molecule has 0 aliphatic heterocycles. The average Bonchev–Trinajstić information content (AvgIpc) is 2.52. The smallest absolute Gasteiger partial charge is 0.119 e. The molecular weight excluding hydrogens is 250 g/mol. The van der Waals surface area contributed by atoms with Crippen LogP contribution in [0.5, 0.6) is 5.75 Å². The molecule has 3 heteroatoms. The highest BCUT2D eigenvalue weighted by Crippen LogP contribution is 2.08. The molecule has 0 bridgehead atoms. The van der Waals surface area contributed by atoms with Crippen LogP contribution in [0.3, 0.4) is 0 Å². The summed E-state index contributed by atoms with van der Waals surface area (Å²) in [5.41, 5.74) is 2.15. The van der Waals surface area contributed by atoms with E-state index in [-0.39, 0.29) is 6.61 Å². The van der Waals surface area contributed by atoms with Gasteiger partial charge in [0.15, 0.2) is 0 Å². The molecule has 0 aliphatic rings. The van der Waals surface area contributed by atoms with E-state index in [4.69, 9.17) is 9.84 Å². The first-order valence-corrected chi connectivity index (χ1v) is 6.96. The third-order valence-electron chi connectivity index (χ3n) is 3.01. The van der Waals surface area contributed by atoms with Gasteiger partial charge in [-0.2, -0.15) is 0 Å². The quantitative estimate of drug-likeness (QED) is 0.725. The SMILES string of the molecule is OCc1cccc(CNCCCOc2ccccc2)c1. The topological polar surface area (TPSA) is 41.5 Å². The molecule has 0 amide bonds. The van der Waals surface area contributed by atoms with E-state index >= 15 is 0 Å². The summed E-state index contributed by atoms with van der Waals surface area (Å²) in [6, 6.07) is 17.8. The number of ether oxygens (including phenoxy) is 1. The number of nitrogens with one attached hydrogen (secondary N) is 1. The van der Waals surface area contributed by atoms with Gasteiger partial charge < -0.3 is 15.2 Å². The van der Waals surface area contributed by atoms with Crippen molar-refractivity contribution in [2.24, 2.45) is 0 Å². The highest BCUT2D eigenvalue weighted by atomic mass is 16.5. The van der Waals surface area contributed by atoms with Gasteiger partial charge in [-0.3, -0.25) is 0 Å². The zero-order valence-electron chi connectivity index (χ0n) is 11.6. The van der Waals surface area contributed by atoms with Crippen molar-refractivity contribution < 1.29 is 9.84 Å². The van der Waals surface area contributed by atoms with Gasteiger partial charge in [0.25, 0.3) is 0 Å². The summed E-state index contributed by atoms with van der Waals surface area (Å²) in [4.78, 5) is 0. The van der Waals surface area contributed by atoms with Crippen molar-refractivity contribution >= 4 is 0 Å². The largest absolute Gasteiger partial charge is 0.494 e. The summed E-state index contributed by atoms with van der Waals surface area (Å²) >= 11 is 0. The van der Waals surface area contributed by atoms with Crippen molar-refractivity contribution in [3.05, 3.63) is 65.7 Å². The lowest BCUT2D eigenvalue weighted by Gasteiger charge is -2.08. The Morgan fingerprint density at radius 2 is 1.75 bits per heavy atom. The normalized spacial score (nSPS) is 10.4. The summed E-state index contributed by atoms with van der Waals surface area (Å²) in [6.45, 7) is 2.54. The average molecular weight is 271 g/mol. The summed E-state index contributed by atoms with van der Waals surface area (Å²) in [7, 11) is 0. The lowest BCUT2D eigenvalue weighted by atomic mass is 10.1. The molecule has 2 N–H and O–H groups in total. The highest BCUT2D eigenvalue weighted by molar-refractivity contribution is 5.22. The molecule has 20 heavy (non-hydrogen) atoms. The minimum Gasteiger partial charge on any atom is -0.494 e. The zero-order chi connectivity index (χ0) is 14.0. The Labute approximate surface area is 120 Å². The molecule has 106 valence electrons. The second-order valence-electron chi connectivity index (χ2n) is 4.67. The fourth-order valence-corrected chi connectivity index (χ4v) is 1.97. The van der Waals surface area contributed by atoms with Crippen molar-refractivity contribution in [2.45, 2.75) is 19.6 Å². The highest BCUT2D eigenvalue weighted by Gasteiger charge is 1.96. The molecule has 0 aromatic heterocycles. The molecule has 0 heterocycles. The summed E-state index contributed by atoms with van der Waals surface area (Å²) in [5, 5.41) is 12.5. The molecular formula is C17H21NO2. The van der Waals surface area contributed by atoms with Gasteiger partial charge in [-0.1, -0.05) is 42.5 Å². The van der Waals surface area contributed by atoms with E-state index in [0.29, 0.717) is 6.61 Å². The van der Waals surface area contributed by atoms with E-state index in [1.54, 1.807) is 0 Å². The van der Waals surface area contributed by atoms with Crippen molar-refractivity contribution in [1.82, 2.24) is 5.32 Å². The number of benzene rings is 2. The molecule has 0 fully saturated rings. The summed E-state index contributed by atoms with van der Waals surface area (Å²) in [6.07, 6.45) is 0.967. The Bertz CT molecular complexity index is 499. The van der Waals surface area contributed by atoms with Gasteiger partial charge in [-0.15, -0.1) is 0 Å². The first-order valence-electron chi connectivity index (χ1n) is 6.96. The fraction of sp³-hybridized carbons (Fsp3) is 0.294. The molecule has 3 nitrogen and oxygen atoms in total. The molecule has 0 saturated carbocycles. The standard InChI is InChI=1S/C17H21NO2/c19-14-16-7-4-6-15(12-16)13-18-10-5-11-20-17-8-2-1-3-9-17/h1-4,6-9,12,18-19H,5,10-11,13-14H2.